The highest BCUT2D eigenvalue weighted by atomic mass is 32.1. The second kappa shape index (κ2) is 10.3. The largest absolute Gasteiger partial charge is 0.310 e. The molecule has 8 aromatic rings. The van der Waals surface area contributed by atoms with Crippen LogP contribution in [0.1, 0.15) is 0 Å². The quantitative estimate of drug-likeness (QED) is 0.205. The second-order valence-corrected chi connectivity index (χ2v) is 11.7. The van der Waals surface area contributed by atoms with E-state index in [1.807, 2.05) is 11.3 Å². The molecule has 0 unspecified atom stereocenters. The van der Waals surface area contributed by atoms with Crippen molar-refractivity contribution in [1.29, 1.82) is 0 Å². The van der Waals surface area contributed by atoms with Gasteiger partial charge in [-0.25, -0.2) is 0 Å². The Morgan fingerprint density at radius 3 is 1.69 bits per heavy atom. The van der Waals surface area contributed by atoms with Crippen LogP contribution < -0.4 is 4.90 Å². The Hall–Kier alpha value is -5.18. The van der Waals surface area contributed by atoms with Crippen molar-refractivity contribution in [3.05, 3.63) is 164 Å². The van der Waals surface area contributed by atoms with Crippen molar-refractivity contribution in [3.8, 4) is 22.3 Å². The Morgan fingerprint density at radius 2 is 0.929 bits per heavy atom. The van der Waals surface area contributed by atoms with Gasteiger partial charge in [-0.3, -0.25) is 0 Å². The third-order valence-electron chi connectivity index (χ3n) is 8.04. The highest BCUT2D eigenvalue weighted by Gasteiger charge is 2.18. The van der Waals surface area contributed by atoms with Crippen molar-refractivity contribution in [3.63, 3.8) is 0 Å². The zero-order valence-corrected chi connectivity index (χ0v) is 23.8. The predicted octanol–water partition coefficient (Wildman–Crippen LogP) is 12.0. The van der Waals surface area contributed by atoms with Crippen LogP contribution in [-0.4, -0.2) is 0 Å². The van der Waals surface area contributed by atoms with E-state index in [0.717, 1.165) is 11.4 Å². The molecule has 1 nitrogen and oxygen atoms in total. The smallest absolute Gasteiger partial charge is 0.0546 e. The zero-order valence-electron chi connectivity index (χ0n) is 22.9. The summed E-state index contributed by atoms with van der Waals surface area (Å²) in [6.07, 6.45) is 0. The summed E-state index contributed by atoms with van der Waals surface area (Å²) in [6, 6.07) is 59.3. The minimum Gasteiger partial charge on any atom is -0.310 e. The van der Waals surface area contributed by atoms with Gasteiger partial charge >= 0.3 is 0 Å². The molecule has 0 aliphatic rings. The lowest BCUT2D eigenvalue weighted by Crippen LogP contribution is -2.10. The molecule has 0 atom stereocenters. The Kier molecular flexibility index (Phi) is 6.05. The molecule has 0 aliphatic carbocycles. The van der Waals surface area contributed by atoms with E-state index in [2.05, 4.69) is 169 Å². The Bertz CT molecular complexity index is 2180. The lowest BCUT2D eigenvalue weighted by molar-refractivity contribution is 1.30. The van der Waals surface area contributed by atoms with Gasteiger partial charge in [0, 0.05) is 36.9 Å². The number of anilines is 3. The lowest BCUT2D eigenvalue weighted by atomic mass is 9.98. The fourth-order valence-electron chi connectivity index (χ4n) is 5.99. The fourth-order valence-corrected chi connectivity index (χ4v) is 7.07. The van der Waals surface area contributed by atoms with Gasteiger partial charge in [0.1, 0.15) is 0 Å². The summed E-state index contributed by atoms with van der Waals surface area (Å²) in [4.78, 5) is 2.43. The standard InChI is InChI=1S/C40H27NS/c1-3-11-28(12-4-1)30-19-21-33(22-20-30)41(34-23-24-40-37(27-34)36-17-9-10-18-39(36)42-40)38-26-32(29-13-5-2-6-14-29)25-31-15-7-8-16-35(31)38/h1-27H. The summed E-state index contributed by atoms with van der Waals surface area (Å²) in [5.41, 5.74) is 8.29. The first-order valence-electron chi connectivity index (χ1n) is 14.3. The average Bonchev–Trinajstić information content (AvgIpc) is 3.44. The second-order valence-electron chi connectivity index (χ2n) is 10.6. The molecule has 0 saturated carbocycles. The Morgan fingerprint density at radius 1 is 0.357 bits per heavy atom. The van der Waals surface area contributed by atoms with Crippen LogP contribution in [0.4, 0.5) is 17.1 Å². The molecular formula is C40H27NS. The van der Waals surface area contributed by atoms with Crippen LogP contribution in [0.15, 0.2) is 164 Å². The number of hydrogen-bond acceptors (Lipinski definition) is 2. The molecule has 1 heterocycles. The number of thiophene rings is 1. The van der Waals surface area contributed by atoms with Gasteiger partial charge in [0.25, 0.3) is 0 Å². The Labute approximate surface area is 249 Å². The fraction of sp³-hybridized carbons (Fsp3) is 0. The van der Waals surface area contributed by atoms with Crippen molar-refractivity contribution in [2.45, 2.75) is 0 Å². The number of nitrogens with zero attached hydrogens (tertiary/aromatic N) is 1. The van der Waals surface area contributed by atoms with Crippen molar-refractivity contribution in [2.24, 2.45) is 0 Å². The molecule has 2 heteroatoms. The summed E-state index contributed by atoms with van der Waals surface area (Å²) in [5, 5.41) is 5.05. The van der Waals surface area contributed by atoms with Crippen molar-refractivity contribution in [2.75, 3.05) is 4.90 Å². The molecule has 7 aromatic carbocycles. The molecule has 0 N–H and O–H groups in total. The summed E-state index contributed by atoms with van der Waals surface area (Å²) in [6.45, 7) is 0. The van der Waals surface area contributed by atoms with Gasteiger partial charge in [-0.1, -0.05) is 115 Å². The van der Waals surface area contributed by atoms with E-state index < -0.39 is 0 Å². The van der Waals surface area contributed by atoms with Gasteiger partial charge in [-0.05, 0) is 76.2 Å². The maximum Gasteiger partial charge on any atom is 0.0546 e. The molecule has 42 heavy (non-hydrogen) atoms. The molecule has 0 fully saturated rings. The number of rotatable bonds is 5. The lowest BCUT2D eigenvalue weighted by Gasteiger charge is -2.28. The highest BCUT2D eigenvalue weighted by Crippen LogP contribution is 2.44. The number of benzene rings is 7. The molecule has 0 amide bonds. The van der Waals surface area contributed by atoms with Gasteiger partial charge in [0.2, 0.25) is 0 Å². The van der Waals surface area contributed by atoms with Crippen molar-refractivity contribution >= 4 is 59.3 Å². The maximum atomic E-state index is 2.43. The van der Waals surface area contributed by atoms with Crippen LogP contribution in [0.25, 0.3) is 53.2 Å². The van der Waals surface area contributed by atoms with Gasteiger partial charge in [0.15, 0.2) is 0 Å². The average molecular weight is 554 g/mol. The van der Waals surface area contributed by atoms with E-state index in [1.165, 1.54) is 58.9 Å². The molecule has 0 saturated heterocycles. The first-order valence-corrected chi connectivity index (χ1v) is 15.1. The predicted molar refractivity (Wildman–Crippen MR) is 182 cm³/mol. The molecular weight excluding hydrogens is 527 g/mol. The summed E-state index contributed by atoms with van der Waals surface area (Å²) >= 11 is 1.86. The van der Waals surface area contributed by atoms with Crippen LogP contribution in [0.5, 0.6) is 0 Å². The molecule has 198 valence electrons. The van der Waals surface area contributed by atoms with Crippen molar-refractivity contribution in [1.82, 2.24) is 0 Å². The van der Waals surface area contributed by atoms with E-state index in [9.17, 15) is 0 Å². The van der Waals surface area contributed by atoms with E-state index in [4.69, 9.17) is 0 Å². The third-order valence-corrected chi connectivity index (χ3v) is 9.19. The Balaban J connectivity index is 1.38. The van der Waals surface area contributed by atoms with E-state index in [1.54, 1.807) is 0 Å². The minimum absolute atomic E-state index is 1.13. The van der Waals surface area contributed by atoms with Gasteiger partial charge in [-0.2, -0.15) is 0 Å². The van der Waals surface area contributed by atoms with Crippen LogP contribution in [0, 0.1) is 0 Å². The number of hydrogen-bond donors (Lipinski definition) is 0. The SMILES string of the molecule is c1ccc(-c2ccc(N(c3ccc4sc5ccccc5c4c3)c3cc(-c4ccccc4)cc4ccccc34)cc2)cc1. The summed E-state index contributed by atoms with van der Waals surface area (Å²) < 4.78 is 2.63. The highest BCUT2D eigenvalue weighted by molar-refractivity contribution is 7.25. The van der Waals surface area contributed by atoms with E-state index in [0.29, 0.717) is 0 Å². The van der Waals surface area contributed by atoms with E-state index >= 15 is 0 Å². The molecule has 1 aromatic heterocycles. The topological polar surface area (TPSA) is 3.24 Å². The third kappa shape index (κ3) is 4.34. The van der Waals surface area contributed by atoms with Crippen LogP contribution in [0.2, 0.25) is 0 Å². The summed E-state index contributed by atoms with van der Waals surface area (Å²) in [5.74, 6) is 0. The van der Waals surface area contributed by atoms with E-state index in [-0.39, 0.29) is 0 Å². The normalized spacial score (nSPS) is 11.3. The van der Waals surface area contributed by atoms with Gasteiger partial charge in [0.05, 0.1) is 5.69 Å². The monoisotopic (exact) mass is 553 g/mol. The van der Waals surface area contributed by atoms with Gasteiger partial charge < -0.3 is 4.90 Å². The molecule has 0 aliphatic heterocycles. The van der Waals surface area contributed by atoms with Gasteiger partial charge in [-0.15, -0.1) is 11.3 Å². The number of fused-ring (bicyclic) bond motifs is 4. The van der Waals surface area contributed by atoms with Crippen molar-refractivity contribution < 1.29 is 0 Å². The van der Waals surface area contributed by atoms with Crippen LogP contribution in [-0.2, 0) is 0 Å². The van der Waals surface area contributed by atoms with Crippen LogP contribution >= 0.6 is 11.3 Å². The summed E-state index contributed by atoms with van der Waals surface area (Å²) in [7, 11) is 0. The zero-order chi connectivity index (χ0) is 27.9. The minimum atomic E-state index is 1.13. The molecule has 8 rings (SSSR count). The first-order chi connectivity index (χ1) is 20.8. The first kappa shape index (κ1) is 24.6. The molecule has 0 radical (unpaired) electrons. The van der Waals surface area contributed by atoms with Crippen LogP contribution in [0.3, 0.4) is 0 Å². The molecule has 0 spiro atoms. The maximum absolute atomic E-state index is 2.43. The molecule has 0 bridgehead atoms.